The molecule has 0 unspecified atom stereocenters. The van der Waals surface area contributed by atoms with Crippen LogP contribution in [-0.4, -0.2) is 19.3 Å². The molecule has 1 aromatic carbocycles. The topological polar surface area (TPSA) is 65.8 Å². The molecule has 25 heavy (non-hydrogen) atoms. The molecule has 0 aliphatic rings. The standard InChI is InChI=1S/C17H18F2N4O2/c1-10-21-23(17(2,3)4)16(24)22(10)8-11-9-25-15(20-11)14-12(18)6-5-7-13(14)19/h5-7,9H,8H2,1-4H3. The molecule has 0 saturated carbocycles. The summed E-state index contributed by atoms with van der Waals surface area (Å²) in [5.41, 5.74) is -0.704. The Balaban J connectivity index is 1.96. The Labute approximate surface area is 142 Å². The van der Waals surface area contributed by atoms with Gasteiger partial charge in [-0.3, -0.25) is 4.57 Å². The van der Waals surface area contributed by atoms with E-state index >= 15 is 0 Å². The van der Waals surface area contributed by atoms with Crippen molar-refractivity contribution in [2.24, 2.45) is 0 Å². The number of halogens is 2. The Morgan fingerprint density at radius 2 is 1.84 bits per heavy atom. The molecule has 0 bridgehead atoms. The molecule has 0 aliphatic carbocycles. The van der Waals surface area contributed by atoms with Crippen molar-refractivity contribution in [3.05, 3.63) is 58.1 Å². The maximum atomic E-state index is 13.8. The van der Waals surface area contributed by atoms with Gasteiger partial charge >= 0.3 is 5.69 Å². The van der Waals surface area contributed by atoms with Crippen molar-refractivity contribution in [1.29, 1.82) is 0 Å². The number of aromatic nitrogens is 4. The first-order valence-corrected chi connectivity index (χ1v) is 7.74. The lowest BCUT2D eigenvalue weighted by atomic mass is 10.1. The van der Waals surface area contributed by atoms with E-state index in [9.17, 15) is 13.6 Å². The first-order valence-electron chi connectivity index (χ1n) is 7.74. The smallest absolute Gasteiger partial charge is 0.346 e. The number of oxazole rings is 1. The Bertz CT molecular complexity index is 959. The second kappa shape index (κ2) is 5.94. The number of rotatable bonds is 3. The zero-order valence-corrected chi connectivity index (χ0v) is 14.4. The van der Waals surface area contributed by atoms with Crippen LogP contribution in [0.1, 0.15) is 32.3 Å². The van der Waals surface area contributed by atoms with Gasteiger partial charge in [0.25, 0.3) is 0 Å². The summed E-state index contributed by atoms with van der Waals surface area (Å²) in [6.07, 6.45) is 1.28. The number of benzene rings is 1. The van der Waals surface area contributed by atoms with Crippen molar-refractivity contribution in [2.45, 2.75) is 39.8 Å². The Kier molecular flexibility index (Phi) is 4.06. The molecule has 0 spiro atoms. The molecule has 8 heteroatoms. The minimum absolute atomic E-state index is 0.0975. The van der Waals surface area contributed by atoms with Crippen molar-refractivity contribution in [3.8, 4) is 11.5 Å². The van der Waals surface area contributed by atoms with Crippen LogP contribution in [-0.2, 0) is 12.1 Å². The van der Waals surface area contributed by atoms with Gasteiger partial charge in [-0.25, -0.2) is 23.2 Å². The highest BCUT2D eigenvalue weighted by molar-refractivity contribution is 5.55. The minimum atomic E-state index is -0.762. The van der Waals surface area contributed by atoms with Crippen LogP contribution in [0.5, 0.6) is 0 Å². The van der Waals surface area contributed by atoms with E-state index < -0.39 is 17.2 Å². The highest BCUT2D eigenvalue weighted by atomic mass is 19.1. The highest BCUT2D eigenvalue weighted by Crippen LogP contribution is 2.25. The predicted molar refractivity (Wildman–Crippen MR) is 87.2 cm³/mol. The van der Waals surface area contributed by atoms with Crippen molar-refractivity contribution in [2.75, 3.05) is 0 Å². The first-order chi connectivity index (χ1) is 11.7. The SMILES string of the molecule is Cc1nn(C(C)(C)C)c(=O)n1Cc1coc(-c2c(F)cccc2F)n1. The van der Waals surface area contributed by atoms with E-state index in [0.29, 0.717) is 11.5 Å². The van der Waals surface area contributed by atoms with E-state index in [4.69, 9.17) is 4.42 Å². The van der Waals surface area contributed by atoms with Gasteiger partial charge in [0.1, 0.15) is 29.3 Å². The summed E-state index contributed by atoms with van der Waals surface area (Å²) < 4.78 is 35.7. The molecule has 0 atom stereocenters. The normalized spacial score (nSPS) is 11.9. The average molecular weight is 348 g/mol. The lowest BCUT2D eigenvalue weighted by Gasteiger charge is -2.16. The van der Waals surface area contributed by atoms with E-state index in [2.05, 4.69) is 10.1 Å². The molecule has 3 rings (SSSR count). The summed E-state index contributed by atoms with van der Waals surface area (Å²) in [4.78, 5) is 16.6. The van der Waals surface area contributed by atoms with Crippen LogP contribution < -0.4 is 5.69 Å². The molecular weight excluding hydrogens is 330 g/mol. The first kappa shape index (κ1) is 17.1. The van der Waals surface area contributed by atoms with Crippen molar-refractivity contribution < 1.29 is 13.2 Å². The molecule has 6 nitrogen and oxygen atoms in total. The fourth-order valence-electron chi connectivity index (χ4n) is 2.47. The third-order valence-electron chi connectivity index (χ3n) is 3.73. The van der Waals surface area contributed by atoms with Gasteiger partial charge in [-0.05, 0) is 39.8 Å². The predicted octanol–water partition coefficient (Wildman–Crippen LogP) is 3.09. The number of nitrogens with zero attached hydrogens (tertiary/aromatic N) is 4. The Morgan fingerprint density at radius 1 is 1.20 bits per heavy atom. The molecule has 0 radical (unpaired) electrons. The Hall–Kier alpha value is -2.77. The van der Waals surface area contributed by atoms with Gasteiger partial charge in [0.2, 0.25) is 5.89 Å². The third-order valence-corrected chi connectivity index (χ3v) is 3.73. The van der Waals surface area contributed by atoms with Crippen LogP contribution in [0.2, 0.25) is 0 Å². The van der Waals surface area contributed by atoms with Crippen LogP contribution in [0, 0.1) is 18.6 Å². The fraction of sp³-hybridized carbons (Fsp3) is 0.353. The summed E-state index contributed by atoms with van der Waals surface area (Å²) >= 11 is 0. The van der Waals surface area contributed by atoms with Crippen LogP contribution in [0.25, 0.3) is 11.5 Å². The molecule has 2 heterocycles. The Morgan fingerprint density at radius 3 is 2.40 bits per heavy atom. The minimum Gasteiger partial charge on any atom is -0.444 e. The second-order valence-corrected chi connectivity index (χ2v) is 6.74. The van der Waals surface area contributed by atoms with Crippen LogP contribution >= 0.6 is 0 Å². The number of hydrogen-bond donors (Lipinski definition) is 0. The number of aryl methyl sites for hydroxylation is 1. The van der Waals surface area contributed by atoms with E-state index in [1.165, 1.54) is 21.6 Å². The molecule has 0 aliphatic heterocycles. The van der Waals surface area contributed by atoms with Gasteiger partial charge in [-0.1, -0.05) is 6.07 Å². The van der Waals surface area contributed by atoms with E-state index in [1.54, 1.807) is 6.92 Å². The molecule has 2 aromatic heterocycles. The summed E-state index contributed by atoms with van der Waals surface area (Å²) in [7, 11) is 0. The van der Waals surface area contributed by atoms with E-state index in [1.807, 2.05) is 20.8 Å². The van der Waals surface area contributed by atoms with Crippen molar-refractivity contribution in [3.63, 3.8) is 0 Å². The van der Waals surface area contributed by atoms with Gasteiger partial charge in [0.05, 0.1) is 17.8 Å². The monoisotopic (exact) mass is 348 g/mol. The largest absolute Gasteiger partial charge is 0.444 e. The maximum absolute atomic E-state index is 13.8. The zero-order chi connectivity index (χ0) is 18.4. The average Bonchev–Trinajstić information content (AvgIpc) is 3.07. The van der Waals surface area contributed by atoms with Gasteiger partial charge in [0, 0.05) is 0 Å². The quantitative estimate of drug-likeness (QED) is 0.729. The lowest BCUT2D eigenvalue weighted by molar-refractivity contribution is 0.340. The zero-order valence-electron chi connectivity index (χ0n) is 14.4. The molecule has 0 fully saturated rings. The van der Waals surface area contributed by atoms with Crippen LogP contribution in [0.3, 0.4) is 0 Å². The molecule has 3 aromatic rings. The molecule has 0 amide bonds. The van der Waals surface area contributed by atoms with Crippen LogP contribution in [0.4, 0.5) is 8.78 Å². The summed E-state index contributed by atoms with van der Waals surface area (Å²) in [5, 5.41) is 4.26. The molecule has 0 N–H and O–H groups in total. The van der Waals surface area contributed by atoms with Gasteiger partial charge in [-0.15, -0.1) is 0 Å². The second-order valence-electron chi connectivity index (χ2n) is 6.74. The molecular formula is C17H18F2N4O2. The van der Waals surface area contributed by atoms with E-state index in [0.717, 1.165) is 12.1 Å². The van der Waals surface area contributed by atoms with Crippen LogP contribution in [0.15, 0.2) is 33.7 Å². The van der Waals surface area contributed by atoms with Gasteiger partial charge < -0.3 is 4.42 Å². The number of hydrogen-bond acceptors (Lipinski definition) is 4. The summed E-state index contributed by atoms with van der Waals surface area (Å²) in [6, 6.07) is 3.52. The van der Waals surface area contributed by atoms with Crippen molar-refractivity contribution in [1.82, 2.24) is 19.3 Å². The fourth-order valence-corrected chi connectivity index (χ4v) is 2.47. The maximum Gasteiger partial charge on any atom is 0.346 e. The molecule has 0 saturated heterocycles. The van der Waals surface area contributed by atoms with Gasteiger partial charge in [0.15, 0.2) is 0 Å². The molecule has 132 valence electrons. The highest BCUT2D eigenvalue weighted by Gasteiger charge is 2.22. The van der Waals surface area contributed by atoms with Gasteiger partial charge in [-0.2, -0.15) is 5.10 Å². The van der Waals surface area contributed by atoms with E-state index in [-0.39, 0.29) is 23.7 Å². The summed E-state index contributed by atoms with van der Waals surface area (Å²) in [6.45, 7) is 7.43. The lowest BCUT2D eigenvalue weighted by Crippen LogP contribution is -2.36. The third kappa shape index (κ3) is 3.11. The van der Waals surface area contributed by atoms with Crippen molar-refractivity contribution >= 4 is 0 Å². The summed E-state index contributed by atoms with van der Waals surface area (Å²) in [5.74, 6) is -1.18.